The Morgan fingerprint density at radius 2 is 1.82 bits per heavy atom. The summed E-state index contributed by atoms with van der Waals surface area (Å²) >= 11 is 0. The number of fused-ring (bicyclic) bond motifs is 1. The Bertz CT molecular complexity index is 1170. The first kappa shape index (κ1) is 23.0. The molecule has 3 fully saturated rings. The molecule has 34 heavy (non-hydrogen) atoms. The molecular formula is C25H29F3N4O2. The first-order valence-corrected chi connectivity index (χ1v) is 11.7. The summed E-state index contributed by atoms with van der Waals surface area (Å²) in [6, 6.07) is 4.67. The molecule has 1 amide bonds. The van der Waals surface area contributed by atoms with Crippen LogP contribution in [0, 0.1) is 23.6 Å². The molecule has 0 unspecified atom stereocenters. The zero-order valence-corrected chi connectivity index (χ0v) is 19.4. The molecule has 9 heteroatoms. The Hall–Kier alpha value is -2.81. The zero-order chi connectivity index (χ0) is 24.3. The van der Waals surface area contributed by atoms with Crippen LogP contribution in [0.5, 0.6) is 0 Å². The topological polar surface area (TPSA) is 66.4 Å². The van der Waals surface area contributed by atoms with Crippen LogP contribution in [0.1, 0.15) is 60.3 Å². The van der Waals surface area contributed by atoms with Gasteiger partial charge in [0, 0.05) is 43.0 Å². The van der Waals surface area contributed by atoms with Gasteiger partial charge < -0.3 is 20.1 Å². The monoisotopic (exact) mass is 474 g/mol. The lowest BCUT2D eigenvalue weighted by Gasteiger charge is -2.20. The van der Waals surface area contributed by atoms with Gasteiger partial charge >= 0.3 is 0 Å². The zero-order valence-electron chi connectivity index (χ0n) is 19.4. The van der Waals surface area contributed by atoms with E-state index in [4.69, 9.17) is 0 Å². The van der Waals surface area contributed by atoms with Crippen molar-refractivity contribution in [3.8, 4) is 0 Å². The molecule has 3 aliphatic rings. The number of anilines is 1. The minimum absolute atomic E-state index is 0.00967. The summed E-state index contributed by atoms with van der Waals surface area (Å²) in [5.74, 6) is -0.179. The van der Waals surface area contributed by atoms with Gasteiger partial charge in [0.2, 0.25) is 0 Å². The van der Waals surface area contributed by atoms with Crippen molar-refractivity contribution in [2.45, 2.75) is 44.8 Å². The highest BCUT2D eigenvalue weighted by Gasteiger charge is 2.55. The highest BCUT2D eigenvalue weighted by molar-refractivity contribution is 5.99. The quantitative estimate of drug-likeness (QED) is 0.638. The van der Waals surface area contributed by atoms with Crippen LogP contribution in [0.25, 0.3) is 0 Å². The van der Waals surface area contributed by atoms with Gasteiger partial charge in [-0.1, -0.05) is 25.1 Å². The minimum Gasteiger partial charge on any atom is -0.381 e. The molecular weight excluding hydrogens is 445 g/mol. The van der Waals surface area contributed by atoms with E-state index >= 15 is 0 Å². The molecule has 1 aromatic heterocycles. The van der Waals surface area contributed by atoms with Crippen LogP contribution in [0.2, 0.25) is 0 Å². The van der Waals surface area contributed by atoms with Crippen LogP contribution in [-0.4, -0.2) is 41.6 Å². The van der Waals surface area contributed by atoms with E-state index in [0.717, 1.165) is 25.6 Å². The third-order valence-electron chi connectivity index (χ3n) is 7.56. The molecule has 1 aromatic carbocycles. The van der Waals surface area contributed by atoms with E-state index in [0.29, 0.717) is 29.0 Å². The average Bonchev–Trinajstić information content (AvgIpc) is 3.60. The van der Waals surface area contributed by atoms with Crippen molar-refractivity contribution >= 4 is 11.6 Å². The molecule has 0 radical (unpaired) electrons. The molecule has 1 aliphatic heterocycles. The maximum Gasteiger partial charge on any atom is 0.266 e. The van der Waals surface area contributed by atoms with Gasteiger partial charge in [-0.2, -0.15) is 0 Å². The molecule has 5 rings (SSSR count). The Labute approximate surface area is 196 Å². The van der Waals surface area contributed by atoms with Gasteiger partial charge in [-0.3, -0.25) is 9.59 Å². The van der Waals surface area contributed by atoms with Crippen LogP contribution in [0.4, 0.5) is 18.9 Å². The number of likely N-dealkylation sites (tertiary alicyclic amines) is 1. The van der Waals surface area contributed by atoms with Crippen molar-refractivity contribution in [2.75, 3.05) is 25.5 Å². The number of piperidine rings is 1. The smallest absolute Gasteiger partial charge is 0.266 e. The number of nitrogens with one attached hydrogen (secondary N) is 2. The van der Waals surface area contributed by atoms with Crippen molar-refractivity contribution in [2.24, 2.45) is 17.8 Å². The highest BCUT2D eigenvalue weighted by Crippen LogP contribution is 2.47. The molecule has 2 saturated carbocycles. The molecule has 0 spiro atoms. The van der Waals surface area contributed by atoms with Crippen LogP contribution in [-0.2, 0) is 0 Å². The number of rotatable bonds is 7. The van der Waals surface area contributed by atoms with Crippen molar-refractivity contribution < 1.29 is 18.0 Å². The fraction of sp³-hybridized carbons (Fsp3) is 0.520. The second-order valence-corrected chi connectivity index (χ2v) is 10.1. The highest BCUT2D eigenvalue weighted by atomic mass is 19.3. The number of aromatic nitrogens is 1. The lowest BCUT2D eigenvalue weighted by atomic mass is 10.0. The third kappa shape index (κ3) is 4.10. The number of alkyl halides is 2. The maximum absolute atomic E-state index is 14.6. The van der Waals surface area contributed by atoms with Crippen LogP contribution < -0.4 is 16.2 Å². The predicted octanol–water partition coefficient (Wildman–Crippen LogP) is 3.97. The molecule has 0 bridgehead atoms. The number of pyridine rings is 1. The molecule has 1 saturated heterocycles. The van der Waals surface area contributed by atoms with Gasteiger partial charge in [-0.15, -0.1) is 0 Å². The number of nitrogens with zero attached hydrogens (tertiary/aromatic N) is 2. The van der Waals surface area contributed by atoms with Gasteiger partial charge in [-0.05, 0) is 38.1 Å². The van der Waals surface area contributed by atoms with Gasteiger partial charge in [0.15, 0.2) is 0 Å². The van der Waals surface area contributed by atoms with Crippen LogP contribution >= 0.6 is 0 Å². The Kier molecular flexibility index (Phi) is 5.70. The van der Waals surface area contributed by atoms with Crippen molar-refractivity contribution in [1.29, 1.82) is 0 Å². The molecule has 182 valence electrons. The summed E-state index contributed by atoms with van der Waals surface area (Å²) in [7, 11) is 2.07. The lowest BCUT2D eigenvalue weighted by molar-refractivity contribution is 0.0939. The average molecular weight is 475 g/mol. The van der Waals surface area contributed by atoms with Crippen LogP contribution in [0.3, 0.4) is 0 Å². The molecule has 2 aromatic rings. The number of benzene rings is 1. The van der Waals surface area contributed by atoms with Gasteiger partial charge in [0.1, 0.15) is 5.82 Å². The van der Waals surface area contributed by atoms with Crippen molar-refractivity contribution in [3.63, 3.8) is 0 Å². The Morgan fingerprint density at radius 1 is 1.18 bits per heavy atom. The number of carbonyl (C=O) groups excluding carboxylic acids is 1. The standard InChI is InChI=1S/C25H29F3N4O2/c1-12-7-20(12)32-11-18(19(8-21(32)33)30-23-16-9-31(3)10-17(16)23)25(34)29-13(2)14-5-4-6-15(22(14)26)24(27)28/h4-6,8,11-13,16-17,20,23-24,30H,7,9-10H2,1-3H3,(H,29,34)/t12-,13+,16-,17+,20-,23+/m0/s1. The first-order chi connectivity index (χ1) is 16.2. The second-order valence-electron chi connectivity index (χ2n) is 10.1. The molecule has 2 heterocycles. The number of carbonyl (C=O) groups is 1. The molecule has 2 N–H and O–H groups in total. The van der Waals surface area contributed by atoms with Crippen molar-refractivity contribution in [3.05, 3.63) is 63.3 Å². The lowest BCUT2D eigenvalue weighted by Crippen LogP contribution is -2.32. The summed E-state index contributed by atoms with van der Waals surface area (Å²) < 4.78 is 42.5. The summed E-state index contributed by atoms with van der Waals surface area (Å²) in [6.45, 7) is 5.54. The van der Waals surface area contributed by atoms with E-state index in [1.165, 1.54) is 18.2 Å². The minimum atomic E-state index is -2.94. The number of halogens is 3. The van der Waals surface area contributed by atoms with Crippen LogP contribution in [0.15, 0.2) is 35.3 Å². The van der Waals surface area contributed by atoms with Gasteiger partial charge in [-0.25, -0.2) is 13.2 Å². The first-order valence-electron chi connectivity index (χ1n) is 11.7. The summed E-state index contributed by atoms with van der Waals surface area (Å²) in [4.78, 5) is 28.4. The molecule has 2 aliphatic carbocycles. The predicted molar refractivity (Wildman–Crippen MR) is 123 cm³/mol. The summed E-state index contributed by atoms with van der Waals surface area (Å²) in [5, 5.41) is 6.14. The van der Waals surface area contributed by atoms with E-state index in [9.17, 15) is 22.8 Å². The Balaban J connectivity index is 1.41. The number of hydrogen-bond donors (Lipinski definition) is 2. The van der Waals surface area contributed by atoms with E-state index < -0.39 is 29.8 Å². The summed E-state index contributed by atoms with van der Waals surface area (Å²) in [6.07, 6.45) is -0.494. The molecule has 6 nitrogen and oxygen atoms in total. The fourth-order valence-electron chi connectivity index (χ4n) is 5.35. The van der Waals surface area contributed by atoms with E-state index in [1.807, 2.05) is 6.92 Å². The van der Waals surface area contributed by atoms with Gasteiger partial charge in [0.05, 0.1) is 22.9 Å². The largest absolute Gasteiger partial charge is 0.381 e. The maximum atomic E-state index is 14.6. The summed E-state index contributed by atoms with van der Waals surface area (Å²) in [5.41, 5.74) is -0.107. The number of amides is 1. The normalized spacial score (nSPS) is 28.5. The fourth-order valence-corrected chi connectivity index (χ4v) is 5.35. The Morgan fingerprint density at radius 3 is 2.44 bits per heavy atom. The van der Waals surface area contributed by atoms with Gasteiger partial charge in [0.25, 0.3) is 17.9 Å². The van der Waals surface area contributed by atoms with E-state index in [2.05, 4.69) is 22.6 Å². The van der Waals surface area contributed by atoms with Crippen molar-refractivity contribution in [1.82, 2.24) is 14.8 Å². The third-order valence-corrected chi connectivity index (χ3v) is 7.56. The van der Waals surface area contributed by atoms with E-state index in [1.54, 1.807) is 17.7 Å². The number of hydrogen-bond acceptors (Lipinski definition) is 4. The SMILES string of the molecule is C[C@@H](NC(=O)c1cn([C@H]2C[C@@H]2C)c(=O)cc1N[C@H]1[C@@H]2CN(C)C[C@@H]21)c1cccc(C(F)F)c1F. The van der Waals surface area contributed by atoms with E-state index in [-0.39, 0.29) is 23.2 Å². The second kappa shape index (κ2) is 8.45. The molecule has 6 atom stereocenters.